The van der Waals surface area contributed by atoms with Crippen LogP contribution in [0, 0.1) is 9.39 Å². The van der Waals surface area contributed by atoms with Crippen molar-refractivity contribution in [3.8, 4) is 0 Å². The maximum Gasteiger partial charge on any atom is 0.355 e. The highest BCUT2D eigenvalue weighted by atomic mass is 127. The number of halogens is 2. The molecule has 0 spiro atoms. The van der Waals surface area contributed by atoms with Crippen LogP contribution >= 0.6 is 22.6 Å². The number of rotatable bonds is 5. The van der Waals surface area contributed by atoms with Gasteiger partial charge in [-0.1, -0.05) is 19.8 Å². The van der Waals surface area contributed by atoms with Crippen LogP contribution in [0.2, 0.25) is 0 Å². The van der Waals surface area contributed by atoms with Crippen LogP contribution in [0.3, 0.4) is 0 Å². The molecule has 94 valence electrons. The molecule has 4 nitrogen and oxygen atoms in total. The number of pyridine rings is 1. The zero-order valence-electron chi connectivity index (χ0n) is 9.46. The lowest BCUT2D eigenvalue weighted by molar-refractivity contribution is 0.0689. The molecule has 0 saturated heterocycles. The Morgan fingerprint density at radius 2 is 2.18 bits per heavy atom. The van der Waals surface area contributed by atoms with Crippen LogP contribution in [-0.4, -0.2) is 16.1 Å². The molecule has 0 radical (unpaired) electrons. The summed E-state index contributed by atoms with van der Waals surface area (Å²) in [5.41, 5.74) is 5.40. The van der Waals surface area contributed by atoms with Gasteiger partial charge in [0.1, 0.15) is 0 Å². The van der Waals surface area contributed by atoms with Crippen molar-refractivity contribution in [2.75, 3.05) is 5.73 Å². The summed E-state index contributed by atoms with van der Waals surface area (Å²) in [5.74, 6) is -1.77. The third-order valence-corrected chi connectivity index (χ3v) is 3.49. The SMILES string of the molecule is CCCCCc1nc(C(=O)O)c(I)c(N)c1F. The summed E-state index contributed by atoms with van der Waals surface area (Å²) in [6.45, 7) is 2.04. The lowest BCUT2D eigenvalue weighted by Crippen LogP contribution is -2.12. The Bertz CT molecular complexity index is 438. The molecule has 0 fully saturated rings. The Kier molecular flexibility index (Phi) is 5.10. The minimum Gasteiger partial charge on any atom is -0.476 e. The monoisotopic (exact) mass is 352 g/mol. The van der Waals surface area contributed by atoms with E-state index in [1.54, 1.807) is 22.6 Å². The van der Waals surface area contributed by atoms with Gasteiger partial charge >= 0.3 is 5.97 Å². The lowest BCUT2D eigenvalue weighted by atomic mass is 10.1. The average molecular weight is 352 g/mol. The number of carboxylic acids is 1. The maximum absolute atomic E-state index is 13.7. The van der Waals surface area contributed by atoms with E-state index < -0.39 is 11.8 Å². The van der Waals surface area contributed by atoms with Gasteiger partial charge in [0.25, 0.3) is 0 Å². The summed E-state index contributed by atoms with van der Waals surface area (Å²) in [4.78, 5) is 14.8. The topological polar surface area (TPSA) is 76.2 Å². The van der Waals surface area contributed by atoms with Crippen molar-refractivity contribution in [3.63, 3.8) is 0 Å². The summed E-state index contributed by atoms with van der Waals surface area (Å²) in [5, 5.41) is 8.93. The molecule has 0 bridgehead atoms. The molecule has 0 aliphatic carbocycles. The van der Waals surface area contributed by atoms with Gasteiger partial charge in [-0.05, 0) is 35.4 Å². The fraction of sp³-hybridized carbons (Fsp3) is 0.455. The van der Waals surface area contributed by atoms with Crippen LogP contribution in [-0.2, 0) is 6.42 Å². The number of unbranched alkanes of at least 4 members (excludes halogenated alkanes) is 2. The summed E-state index contributed by atoms with van der Waals surface area (Å²) in [7, 11) is 0. The first kappa shape index (κ1) is 14.1. The molecule has 1 rings (SSSR count). The summed E-state index contributed by atoms with van der Waals surface area (Å²) in [6.07, 6.45) is 3.16. The zero-order valence-corrected chi connectivity index (χ0v) is 11.6. The van der Waals surface area contributed by atoms with Gasteiger partial charge in [-0.25, -0.2) is 14.2 Å². The minimum absolute atomic E-state index is 0.121. The Morgan fingerprint density at radius 1 is 1.53 bits per heavy atom. The molecule has 0 aliphatic rings. The molecule has 0 unspecified atom stereocenters. The van der Waals surface area contributed by atoms with Crippen molar-refractivity contribution in [3.05, 3.63) is 20.8 Å². The van der Waals surface area contributed by atoms with Crippen LogP contribution in [0.15, 0.2) is 0 Å². The first-order valence-electron chi connectivity index (χ1n) is 5.35. The van der Waals surface area contributed by atoms with Crippen LogP contribution in [0.5, 0.6) is 0 Å². The largest absolute Gasteiger partial charge is 0.476 e. The number of nitrogen functional groups attached to an aromatic ring is 1. The minimum atomic E-state index is -1.18. The molecule has 1 aromatic rings. The summed E-state index contributed by atoms with van der Waals surface area (Å²) in [6, 6.07) is 0. The number of anilines is 1. The van der Waals surface area contributed by atoms with Gasteiger partial charge in [-0.2, -0.15) is 0 Å². The Morgan fingerprint density at radius 3 is 2.71 bits per heavy atom. The third-order valence-electron chi connectivity index (χ3n) is 2.40. The van der Waals surface area contributed by atoms with E-state index in [-0.39, 0.29) is 20.6 Å². The Labute approximate surface area is 113 Å². The molecule has 3 N–H and O–H groups in total. The highest BCUT2D eigenvalue weighted by molar-refractivity contribution is 14.1. The van der Waals surface area contributed by atoms with Crippen molar-refractivity contribution < 1.29 is 14.3 Å². The predicted molar refractivity (Wildman–Crippen MR) is 71.5 cm³/mol. The second-order valence-corrected chi connectivity index (χ2v) is 4.79. The first-order valence-corrected chi connectivity index (χ1v) is 6.43. The quantitative estimate of drug-likeness (QED) is 0.631. The first-order chi connectivity index (χ1) is 7.99. The number of aryl methyl sites for hydroxylation is 1. The molecule has 0 amide bonds. The number of nitrogens with two attached hydrogens (primary N) is 1. The van der Waals surface area contributed by atoms with E-state index in [1.165, 1.54) is 0 Å². The highest BCUT2D eigenvalue weighted by Gasteiger charge is 2.19. The van der Waals surface area contributed by atoms with E-state index in [2.05, 4.69) is 4.98 Å². The van der Waals surface area contributed by atoms with Crippen LogP contribution in [0.1, 0.15) is 42.4 Å². The van der Waals surface area contributed by atoms with Gasteiger partial charge in [0, 0.05) is 0 Å². The van der Waals surface area contributed by atoms with Gasteiger partial charge in [0.2, 0.25) is 0 Å². The van der Waals surface area contributed by atoms with E-state index in [0.29, 0.717) is 6.42 Å². The molecule has 0 saturated carbocycles. The third kappa shape index (κ3) is 3.27. The fourth-order valence-corrected chi connectivity index (χ4v) is 2.05. The number of aromatic carboxylic acids is 1. The molecular formula is C11H14FIN2O2. The molecule has 1 aromatic heterocycles. The maximum atomic E-state index is 13.7. The van der Waals surface area contributed by atoms with Crippen molar-refractivity contribution >= 4 is 34.2 Å². The predicted octanol–water partition coefficient (Wildman–Crippen LogP) is 2.84. The number of carbonyl (C=O) groups is 1. The number of carboxylic acid groups (broad SMARTS) is 1. The zero-order chi connectivity index (χ0) is 13.0. The second kappa shape index (κ2) is 6.13. The van der Waals surface area contributed by atoms with Crippen molar-refractivity contribution in [1.29, 1.82) is 0 Å². The standard InChI is InChI=1S/C11H14FIN2O2/c1-2-3-4-5-6-7(12)9(14)8(13)10(15-6)11(16)17/h2-5H2,1H3,(H2,14,15)(H,16,17). The summed E-state index contributed by atoms with van der Waals surface area (Å²) < 4.78 is 13.9. The van der Waals surface area contributed by atoms with E-state index in [1.807, 2.05) is 6.92 Å². The average Bonchev–Trinajstić information content (AvgIpc) is 2.29. The van der Waals surface area contributed by atoms with Crippen LogP contribution in [0.4, 0.5) is 10.1 Å². The number of aromatic nitrogens is 1. The van der Waals surface area contributed by atoms with E-state index in [9.17, 15) is 9.18 Å². The smallest absolute Gasteiger partial charge is 0.355 e. The highest BCUT2D eigenvalue weighted by Crippen LogP contribution is 2.24. The van der Waals surface area contributed by atoms with E-state index in [4.69, 9.17) is 10.8 Å². The number of hydrogen-bond donors (Lipinski definition) is 2. The van der Waals surface area contributed by atoms with Gasteiger partial charge in [-0.3, -0.25) is 0 Å². The van der Waals surface area contributed by atoms with Gasteiger partial charge in [0.15, 0.2) is 11.5 Å². The van der Waals surface area contributed by atoms with Crippen LogP contribution in [0.25, 0.3) is 0 Å². The van der Waals surface area contributed by atoms with E-state index >= 15 is 0 Å². The van der Waals surface area contributed by atoms with Gasteiger partial charge < -0.3 is 10.8 Å². The fourth-order valence-electron chi connectivity index (χ4n) is 1.46. The molecular weight excluding hydrogens is 338 g/mol. The Hall–Kier alpha value is -0.920. The second-order valence-electron chi connectivity index (χ2n) is 3.71. The molecule has 1 heterocycles. The molecule has 6 heteroatoms. The molecule has 17 heavy (non-hydrogen) atoms. The lowest BCUT2D eigenvalue weighted by Gasteiger charge is -2.09. The molecule has 0 aromatic carbocycles. The van der Waals surface area contributed by atoms with Crippen molar-refractivity contribution in [2.45, 2.75) is 32.6 Å². The number of hydrogen-bond acceptors (Lipinski definition) is 3. The van der Waals surface area contributed by atoms with Crippen molar-refractivity contribution in [2.24, 2.45) is 0 Å². The van der Waals surface area contributed by atoms with E-state index in [0.717, 1.165) is 19.3 Å². The van der Waals surface area contributed by atoms with Gasteiger partial charge in [0.05, 0.1) is 15.0 Å². The normalized spacial score (nSPS) is 10.5. The number of nitrogens with zero attached hydrogens (tertiary/aromatic N) is 1. The Balaban J connectivity index is 3.09. The summed E-state index contributed by atoms with van der Waals surface area (Å²) >= 11 is 1.70. The van der Waals surface area contributed by atoms with Crippen LogP contribution < -0.4 is 5.73 Å². The van der Waals surface area contributed by atoms with Gasteiger partial charge in [-0.15, -0.1) is 0 Å². The van der Waals surface area contributed by atoms with Crippen molar-refractivity contribution in [1.82, 2.24) is 4.98 Å². The molecule has 0 atom stereocenters. The molecule has 0 aliphatic heterocycles.